The Bertz CT molecular complexity index is 286. The van der Waals surface area contributed by atoms with Gasteiger partial charge in [-0.2, -0.15) is 13.2 Å². The Balaban J connectivity index is 4.06. The number of rotatable bonds is 7. The van der Waals surface area contributed by atoms with Crippen LogP contribution >= 0.6 is 0 Å². The lowest BCUT2D eigenvalue weighted by molar-refractivity contribution is -0.134. The minimum atomic E-state index is -4.39. The normalized spacial score (nSPS) is 13.4. The van der Waals surface area contributed by atoms with Gasteiger partial charge >= 0.3 is 6.18 Å². The predicted octanol–water partition coefficient (Wildman–Crippen LogP) is -0.398. The quantitative estimate of drug-likeness (QED) is 0.584. The van der Waals surface area contributed by atoms with Gasteiger partial charge in [0.25, 0.3) is 0 Å². The van der Waals surface area contributed by atoms with Crippen molar-refractivity contribution < 1.29 is 31.8 Å². The molecule has 0 aromatic rings. The fourth-order valence-corrected chi connectivity index (χ4v) is 2.21. The summed E-state index contributed by atoms with van der Waals surface area (Å²) in [5.74, 6) is -0.691. The highest BCUT2D eigenvalue weighted by Gasteiger charge is 2.27. The molecule has 0 aliphatic rings. The topological polar surface area (TPSA) is 86.6 Å². The number of aliphatic hydroxyl groups is 2. The van der Waals surface area contributed by atoms with E-state index in [1.165, 1.54) is 0 Å². The number of halogens is 3. The van der Waals surface area contributed by atoms with Crippen LogP contribution in [0.1, 0.15) is 12.8 Å². The first-order chi connectivity index (χ1) is 7.20. The predicted molar refractivity (Wildman–Crippen MR) is 50.2 cm³/mol. The van der Waals surface area contributed by atoms with E-state index in [0.717, 1.165) is 0 Å². The van der Waals surface area contributed by atoms with Gasteiger partial charge in [0.1, 0.15) is 0 Å². The zero-order valence-electron chi connectivity index (χ0n) is 8.37. The first-order valence-electron chi connectivity index (χ1n) is 4.48. The number of hydrogen-bond donors (Lipinski definition) is 3. The van der Waals surface area contributed by atoms with Gasteiger partial charge in [0, 0.05) is 6.42 Å². The fraction of sp³-hybridized carbons (Fsp3) is 1.00. The fourth-order valence-electron chi connectivity index (χ4n) is 0.908. The third-order valence-electron chi connectivity index (χ3n) is 1.66. The van der Waals surface area contributed by atoms with Crippen LogP contribution in [0, 0.1) is 0 Å². The highest BCUT2D eigenvalue weighted by Crippen LogP contribution is 2.21. The molecule has 0 atom stereocenters. The lowest BCUT2D eigenvalue weighted by atomic mass is 10.3. The van der Waals surface area contributed by atoms with Crippen LogP contribution < -0.4 is 4.72 Å². The summed E-state index contributed by atoms with van der Waals surface area (Å²) in [7, 11) is -3.90. The maximum Gasteiger partial charge on any atom is 0.389 e. The Kier molecular flexibility index (Phi) is 6.23. The maximum absolute atomic E-state index is 11.7. The third-order valence-corrected chi connectivity index (χ3v) is 3.18. The summed E-state index contributed by atoms with van der Waals surface area (Å²) in [6.07, 6.45) is -6.12. The second-order valence-electron chi connectivity index (χ2n) is 3.22. The van der Waals surface area contributed by atoms with Crippen LogP contribution in [0.25, 0.3) is 0 Å². The zero-order valence-corrected chi connectivity index (χ0v) is 9.18. The molecule has 0 spiro atoms. The van der Waals surface area contributed by atoms with Crippen LogP contribution in [-0.2, 0) is 10.0 Å². The van der Waals surface area contributed by atoms with Crippen molar-refractivity contribution in [2.45, 2.75) is 25.1 Å². The van der Waals surface area contributed by atoms with Crippen LogP contribution in [-0.4, -0.2) is 49.8 Å². The monoisotopic (exact) mass is 265 g/mol. The minimum absolute atomic E-state index is 0.553. The summed E-state index contributed by atoms with van der Waals surface area (Å²) in [4.78, 5) is 0. The van der Waals surface area contributed by atoms with Crippen molar-refractivity contribution in [2.75, 3.05) is 19.0 Å². The molecule has 98 valence electrons. The standard InChI is InChI=1S/C7H14F3NO4S/c8-7(9,10)2-1-3-16(14,15)11-6(4-12)5-13/h6,11-13H,1-5H2. The lowest BCUT2D eigenvalue weighted by Gasteiger charge is -2.13. The van der Waals surface area contributed by atoms with Gasteiger partial charge in [-0.15, -0.1) is 0 Å². The van der Waals surface area contributed by atoms with E-state index in [1.54, 1.807) is 0 Å². The van der Waals surface area contributed by atoms with Gasteiger partial charge in [0.05, 0.1) is 25.0 Å². The molecule has 0 aliphatic heterocycles. The molecule has 0 aromatic heterocycles. The molecule has 0 unspecified atom stereocenters. The first-order valence-corrected chi connectivity index (χ1v) is 6.14. The van der Waals surface area contributed by atoms with Crippen LogP contribution in [0.15, 0.2) is 0 Å². The van der Waals surface area contributed by atoms with Crippen molar-refractivity contribution >= 4 is 10.0 Å². The molecule has 0 fully saturated rings. The number of sulfonamides is 1. The van der Waals surface area contributed by atoms with E-state index in [4.69, 9.17) is 10.2 Å². The average Bonchev–Trinajstić information content (AvgIpc) is 2.11. The number of alkyl halides is 3. The van der Waals surface area contributed by atoms with E-state index in [9.17, 15) is 21.6 Å². The Morgan fingerprint density at radius 2 is 1.69 bits per heavy atom. The molecule has 3 N–H and O–H groups in total. The van der Waals surface area contributed by atoms with E-state index in [1.807, 2.05) is 4.72 Å². The molecule has 5 nitrogen and oxygen atoms in total. The molecule has 0 rings (SSSR count). The largest absolute Gasteiger partial charge is 0.395 e. The minimum Gasteiger partial charge on any atom is -0.395 e. The summed E-state index contributed by atoms with van der Waals surface area (Å²) >= 11 is 0. The van der Waals surface area contributed by atoms with Crippen molar-refractivity contribution in [3.05, 3.63) is 0 Å². The lowest BCUT2D eigenvalue weighted by Crippen LogP contribution is -2.41. The molecule has 0 heterocycles. The van der Waals surface area contributed by atoms with Crippen molar-refractivity contribution in [3.8, 4) is 0 Å². The van der Waals surface area contributed by atoms with Gasteiger partial charge in [-0.3, -0.25) is 0 Å². The van der Waals surface area contributed by atoms with E-state index in [0.29, 0.717) is 0 Å². The van der Waals surface area contributed by atoms with Gasteiger partial charge in [0.15, 0.2) is 0 Å². The van der Waals surface area contributed by atoms with Crippen LogP contribution in [0.4, 0.5) is 13.2 Å². The van der Waals surface area contributed by atoms with Crippen LogP contribution in [0.5, 0.6) is 0 Å². The number of hydrogen-bond acceptors (Lipinski definition) is 4. The van der Waals surface area contributed by atoms with E-state index < -0.39 is 54.0 Å². The summed E-state index contributed by atoms with van der Waals surface area (Å²) in [6, 6.07) is -1.07. The number of aliphatic hydroxyl groups excluding tert-OH is 2. The highest BCUT2D eigenvalue weighted by molar-refractivity contribution is 7.89. The molecular formula is C7H14F3NO4S. The maximum atomic E-state index is 11.7. The third kappa shape index (κ3) is 7.85. The summed E-state index contributed by atoms with van der Waals surface area (Å²) in [5.41, 5.74) is 0. The van der Waals surface area contributed by atoms with Gasteiger partial charge in [-0.05, 0) is 6.42 Å². The molecule has 0 saturated heterocycles. The van der Waals surface area contributed by atoms with Crippen molar-refractivity contribution in [1.29, 1.82) is 0 Å². The van der Waals surface area contributed by atoms with Gasteiger partial charge < -0.3 is 10.2 Å². The highest BCUT2D eigenvalue weighted by atomic mass is 32.2. The van der Waals surface area contributed by atoms with Crippen molar-refractivity contribution in [2.24, 2.45) is 0 Å². The number of nitrogens with one attached hydrogen (secondary N) is 1. The molecule has 0 bridgehead atoms. The molecule has 0 amide bonds. The summed E-state index contributed by atoms with van der Waals surface area (Å²) in [5, 5.41) is 17.2. The van der Waals surface area contributed by atoms with Gasteiger partial charge in [-0.1, -0.05) is 0 Å². The Morgan fingerprint density at radius 3 is 2.06 bits per heavy atom. The zero-order chi connectivity index (χ0) is 12.8. The molecule has 16 heavy (non-hydrogen) atoms. The smallest absolute Gasteiger partial charge is 0.389 e. The average molecular weight is 265 g/mol. The Hall–Kier alpha value is -0.380. The first kappa shape index (κ1) is 15.6. The molecule has 0 radical (unpaired) electrons. The van der Waals surface area contributed by atoms with Crippen LogP contribution in [0.2, 0.25) is 0 Å². The van der Waals surface area contributed by atoms with Crippen LogP contribution in [0.3, 0.4) is 0 Å². The molecule has 0 aliphatic carbocycles. The summed E-state index contributed by atoms with van der Waals surface area (Å²) < 4.78 is 59.4. The molecule has 9 heteroatoms. The van der Waals surface area contributed by atoms with Gasteiger partial charge in [0.2, 0.25) is 10.0 Å². The van der Waals surface area contributed by atoms with Crippen molar-refractivity contribution in [1.82, 2.24) is 4.72 Å². The molecule has 0 saturated carbocycles. The van der Waals surface area contributed by atoms with E-state index >= 15 is 0 Å². The molecule has 0 aromatic carbocycles. The Morgan fingerprint density at radius 1 is 1.19 bits per heavy atom. The second-order valence-corrected chi connectivity index (χ2v) is 5.09. The Labute approximate surface area is 91.3 Å². The van der Waals surface area contributed by atoms with Gasteiger partial charge in [-0.25, -0.2) is 13.1 Å². The molecular weight excluding hydrogens is 251 g/mol. The SMILES string of the molecule is O=S(=O)(CCCC(F)(F)F)NC(CO)CO. The van der Waals surface area contributed by atoms with E-state index in [2.05, 4.69) is 0 Å². The second kappa shape index (κ2) is 6.38. The summed E-state index contributed by atoms with van der Waals surface area (Å²) in [6.45, 7) is -1.23. The van der Waals surface area contributed by atoms with Crippen molar-refractivity contribution in [3.63, 3.8) is 0 Å². The van der Waals surface area contributed by atoms with E-state index in [-0.39, 0.29) is 0 Å².